The minimum Gasteiger partial charge on any atom is -0.495 e. The van der Waals surface area contributed by atoms with E-state index < -0.39 is 11.9 Å². The summed E-state index contributed by atoms with van der Waals surface area (Å²) in [6.07, 6.45) is 0.362. The molecule has 3 rings (SSSR count). The van der Waals surface area contributed by atoms with Crippen LogP contribution < -0.4 is 20.3 Å². The Bertz CT molecular complexity index is 1210. The Morgan fingerprint density at radius 1 is 1.09 bits per heavy atom. The maximum absolute atomic E-state index is 13.2. The summed E-state index contributed by atoms with van der Waals surface area (Å²) in [5.74, 6) is 0.409. The summed E-state index contributed by atoms with van der Waals surface area (Å²) in [4.78, 5) is 25.8. The molecule has 1 aromatic heterocycles. The summed E-state index contributed by atoms with van der Waals surface area (Å²) in [6, 6.07) is 11.5. The summed E-state index contributed by atoms with van der Waals surface area (Å²) >= 11 is 6.21. The largest absolute Gasteiger partial charge is 0.495 e. The van der Waals surface area contributed by atoms with E-state index >= 15 is 0 Å². The molecule has 1 atom stereocenters. The second kappa shape index (κ2) is 9.87. The fraction of sp³-hybridized carbons (Fsp3) is 0.292. The van der Waals surface area contributed by atoms with E-state index in [1.165, 1.54) is 25.0 Å². The number of aromatic nitrogens is 2. The first-order valence-electron chi connectivity index (χ1n) is 10.2. The van der Waals surface area contributed by atoms with Crippen LogP contribution in [0.2, 0.25) is 5.02 Å². The lowest BCUT2D eigenvalue weighted by atomic mass is 10.0. The average molecular weight is 456 g/mol. The Morgan fingerprint density at radius 2 is 1.81 bits per heavy atom. The van der Waals surface area contributed by atoms with Gasteiger partial charge in [0.05, 0.1) is 30.6 Å². The molecule has 2 aromatic carbocycles. The molecular formula is C24H26ClN3O4. The lowest BCUT2D eigenvalue weighted by Crippen LogP contribution is -2.34. The lowest BCUT2D eigenvalue weighted by molar-refractivity contribution is -0.119. The van der Waals surface area contributed by atoms with Crippen LogP contribution in [0.3, 0.4) is 0 Å². The van der Waals surface area contributed by atoms with Crippen LogP contribution in [-0.4, -0.2) is 29.9 Å². The molecule has 32 heavy (non-hydrogen) atoms. The summed E-state index contributed by atoms with van der Waals surface area (Å²) in [6.45, 7) is 5.80. The number of aryl methyl sites for hydroxylation is 2. The SMILES string of the molecule is CCC(C(=O)Nc1cc(Cl)c(OC)cc1OC)n1nc(-c2cc(C)ccc2C)ccc1=O. The number of hydrogen-bond acceptors (Lipinski definition) is 5. The molecule has 0 aliphatic carbocycles. The normalized spacial score (nSPS) is 11.7. The Hall–Kier alpha value is -3.32. The molecule has 168 valence electrons. The van der Waals surface area contributed by atoms with E-state index in [1.807, 2.05) is 39.0 Å². The quantitative estimate of drug-likeness (QED) is 0.554. The predicted molar refractivity (Wildman–Crippen MR) is 126 cm³/mol. The first kappa shape index (κ1) is 23.3. The van der Waals surface area contributed by atoms with E-state index in [2.05, 4.69) is 10.4 Å². The Labute approximate surface area is 191 Å². The third-order valence-corrected chi connectivity index (χ3v) is 5.51. The topological polar surface area (TPSA) is 82.4 Å². The highest BCUT2D eigenvalue weighted by molar-refractivity contribution is 6.32. The smallest absolute Gasteiger partial charge is 0.267 e. The van der Waals surface area contributed by atoms with Crippen LogP contribution in [0.25, 0.3) is 11.3 Å². The fourth-order valence-corrected chi connectivity index (χ4v) is 3.69. The number of methoxy groups -OCH3 is 2. The zero-order valence-electron chi connectivity index (χ0n) is 18.7. The molecule has 0 fully saturated rings. The third kappa shape index (κ3) is 4.78. The molecule has 0 spiro atoms. The number of amides is 1. The van der Waals surface area contributed by atoms with E-state index in [1.54, 1.807) is 18.2 Å². The maximum Gasteiger partial charge on any atom is 0.267 e. The van der Waals surface area contributed by atoms with Gasteiger partial charge in [-0.25, -0.2) is 4.68 Å². The van der Waals surface area contributed by atoms with Crippen molar-refractivity contribution in [1.29, 1.82) is 0 Å². The average Bonchev–Trinajstić information content (AvgIpc) is 2.77. The minimum absolute atomic E-state index is 0.323. The van der Waals surface area contributed by atoms with Gasteiger partial charge in [0.1, 0.15) is 17.5 Å². The van der Waals surface area contributed by atoms with Gasteiger partial charge in [-0.05, 0) is 44.0 Å². The van der Waals surface area contributed by atoms with Crippen LogP contribution >= 0.6 is 11.6 Å². The monoisotopic (exact) mass is 455 g/mol. The van der Waals surface area contributed by atoms with Crippen molar-refractivity contribution >= 4 is 23.2 Å². The second-order valence-corrected chi connectivity index (χ2v) is 7.83. The number of halogens is 1. The Balaban J connectivity index is 1.98. The predicted octanol–water partition coefficient (Wildman–Crippen LogP) is 4.79. The van der Waals surface area contributed by atoms with Gasteiger partial charge in [-0.15, -0.1) is 0 Å². The number of benzene rings is 2. The van der Waals surface area contributed by atoms with Crippen molar-refractivity contribution in [2.24, 2.45) is 0 Å². The number of carbonyl (C=O) groups excluding carboxylic acids is 1. The van der Waals surface area contributed by atoms with Crippen LogP contribution in [0.1, 0.15) is 30.5 Å². The number of nitrogens with one attached hydrogen (secondary N) is 1. The van der Waals surface area contributed by atoms with Gasteiger partial charge in [0.2, 0.25) is 5.91 Å². The molecule has 3 aromatic rings. The molecule has 1 heterocycles. The first-order valence-corrected chi connectivity index (χ1v) is 10.6. The molecule has 0 saturated heterocycles. The van der Waals surface area contributed by atoms with Crippen LogP contribution in [0, 0.1) is 13.8 Å². The molecule has 0 aliphatic heterocycles. The molecule has 8 heteroatoms. The zero-order chi connectivity index (χ0) is 23.4. The zero-order valence-corrected chi connectivity index (χ0v) is 19.5. The van der Waals surface area contributed by atoms with Gasteiger partial charge in [0.25, 0.3) is 5.56 Å². The van der Waals surface area contributed by atoms with Gasteiger partial charge < -0.3 is 14.8 Å². The van der Waals surface area contributed by atoms with E-state index in [4.69, 9.17) is 21.1 Å². The van der Waals surface area contributed by atoms with Gasteiger partial charge in [0, 0.05) is 17.7 Å². The highest BCUT2D eigenvalue weighted by atomic mass is 35.5. The summed E-state index contributed by atoms with van der Waals surface area (Å²) in [5, 5.41) is 7.66. The van der Waals surface area contributed by atoms with Crippen LogP contribution in [-0.2, 0) is 4.79 Å². The van der Waals surface area contributed by atoms with Gasteiger partial charge in [-0.2, -0.15) is 5.10 Å². The van der Waals surface area contributed by atoms with Crippen LogP contribution in [0.5, 0.6) is 11.5 Å². The van der Waals surface area contributed by atoms with Crippen molar-refractivity contribution in [1.82, 2.24) is 9.78 Å². The molecule has 0 radical (unpaired) electrons. The van der Waals surface area contributed by atoms with Crippen molar-refractivity contribution in [2.75, 3.05) is 19.5 Å². The number of anilines is 1. The summed E-state index contributed by atoms with van der Waals surface area (Å²) in [7, 11) is 2.97. The minimum atomic E-state index is -0.821. The highest BCUT2D eigenvalue weighted by Gasteiger charge is 2.23. The molecule has 0 bridgehead atoms. The second-order valence-electron chi connectivity index (χ2n) is 7.42. The van der Waals surface area contributed by atoms with Crippen LogP contribution in [0.4, 0.5) is 5.69 Å². The van der Waals surface area contributed by atoms with Crippen molar-refractivity contribution in [3.05, 3.63) is 69.0 Å². The summed E-state index contributed by atoms with van der Waals surface area (Å²) in [5.41, 5.74) is 3.67. The van der Waals surface area contributed by atoms with E-state index in [0.717, 1.165) is 16.7 Å². The molecule has 1 unspecified atom stereocenters. The number of rotatable bonds is 7. The standard InChI is InChI=1S/C24H26ClN3O4/c1-6-20(24(30)26-19-12-17(25)21(31-4)13-22(19)32-5)28-23(29)10-9-18(27-28)16-11-14(2)7-8-15(16)3/h7-13,20H,6H2,1-5H3,(H,26,30). The first-order chi connectivity index (χ1) is 15.3. The maximum atomic E-state index is 13.2. The molecule has 7 nitrogen and oxygen atoms in total. The fourth-order valence-electron chi connectivity index (χ4n) is 3.45. The number of nitrogens with zero attached hydrogens (tertiary/aromatic N) is 2. The van der Waals surface area contributed by atoms with Gasteiger partial charge >= 0.3 is 0 Å². The molecular weight excluding hydrogens is 430 g/mol. The van der Waals surface area contributed by atoms with E-state index in [9.17, 15) is 9.59 Å². The molecule has 0 saturated carbocycles. The Morgan fingerprint density at radius 3 is 2.47 bits per heavy atom. The molecule has 0 aliphatic rings. The number of ether oxygens (including phenoxy) is 2. The van der Waals surface area contributed by atoms with Crippen molar-refractivity contribution < 1.29 is 14.3 Å². The van der Waals surface area contributed by atoms with Crippen molar-refractivity contribution in [3.63, 3.8) is 0 Å². The molecule has 1 N–H and O–H groups in total. The van der Waals surface area contributed by atoms with Crippen molar-refractivity contribution in [2.45, 2.75) is 33.2 Å². The number of carbonyl (C=O) groups is 1. The lowest BCUT2D eigenvalue weighted by Gasteiger charge is -2.19. The summed E-state index contributed by atoms with van der Waals surface area (Å²) < 4.78 is 11.8. The third-order valence-electron chi connectivity index (χ3n) is 5.21. The highest BCUT2D eigenvalue weighted by Crippen LogP contribution is 2.36. The van der Waals surface area contributed by atoms with Gasteiger partial charge in [0.15, 0.2) is 0 Å². The molecule has 1 amide bonds. The van der Waals surface area contributed by atoms with Crippen LogP contribution in [0.15, 0.2) is 47.3 Å². The van der Waals surface area contributed by atoms with E-state index in [-0.39, 0.29) is 5.56 Å². The Kier molecular flexibility index (Phi) is 7.20. The van der Waals surface area contributed by atoms with E-state index in [0.29, 0.717) is 34.3 Å². The van der Waals surface area contributed by atoms with Crippen molar-refractivity contribution in [3.8, 4) is 22.8 Å². The number of hydrogen-bond donors (Lipinski definition) is 1. The van der Waals surface area contributed by atoms with Gasteiger partial charge in [-0.3, -0.25) is 9.59 Å². The van der Waals surface area contributed by atoms with Gasteiger partial charge in [-0.1, -0.05) is 36.2 Å².